The van der Waals surface area contributed by atoms with Crippen LogP contribution in [-0.4, -0.2) is 29.9 Å². The van der Waals surface area contributed by atoms with Gasteiger partial charge in [0, 0.05) is 21.5 Å². The highest BCUT2D eigenvalue weighted by Gasteiger charge is 2.38. The number of hydrogen-bond acceptors (Lipinski definition) is 4. The van der Waals surface area contributed by atoms with Gasteiger partial charge in [-0.25, -0.2) is 4.98 Å². The maximum atomic E-state index is 13.2. The predicted octanol–water partition coefficient (Wildman–Crippen LogP) is 5.60. The molecule has 0 saturated heterocycles. The van der Waals surface area contributed by atoms with E-state index < -0.39 is 11.9 Å². The molecule has 0 fully saturated rings. The Balaban J connectivity index is 1.69. The van der Waals surface area contributed by atoms with Crippen LogP contribution in [0, 0.1) is 9.49 Å². The Hall–Kier alpha value is -2.76. The number of pyridine rings is 1. The summed E-state index contributed by atoms with van der Waals surface area (Å²) < 4.78 is 42.7. The molecular formula is C21H18F3IN6. The van der Waals surface area contributed by atoms with E-state index in [0.29, 0.717) is 17.3 Å². The standard InChI is InChI=1S/C21H18F3IN6/c1-12(2)19(13-3-5-15(25)6-4-13)31-10-17(27-11-31)16-9-14(7-8-26-16)18-20(21(22,23)24)29-30-28-18/h3-12,19H,1-2H3,(H,28,29,30). The number of aromatic amines is 1. The normalized spacial score (nSPS) is 13.0. The van der Waals surface area contributed by atoms with Crippen molar-refractivity contribution in [2.45, 2.75) is 26.1 Å². The Kier molecular flexibility index (Phi) is 5.82. The molecule has 0 aliphatic heterocycles. The second-order valence-corrected chi connectivity index (χ2v) is 8.64. The van der Waals surface area contributed by atoms with Crippen molar-refractivity contribution in [2.75, 3.05) is 0 Å². The molecule has 0 spiro atoms. The Morgan fingerprint density at radius 1 is 1.00 bits per heavy atom. The van der Waals surface area contributed by atoms with Crippen LogP contribution in [0.5, 0.6) is 0 Å². The summed E-state index contributed by atoms with van der Waals surface area (Å²) in [7, 11) is 0. The summed E-state index contributed by atoms with van der Waals surface area (Å²) in [5, 5.41) is 8.99. The van der Waals surface area contributed by atoms with Gasteiger partial charge in [-0.1, -0.05) is 26.0 Å². The Morgan fingerprint density at radius 3 is 2.42 bits per heavy atom. The van der Waals surface area contributed by atoms with Gasteiger partial charge in [0.25, 0.3) is 0 Å². The van der Waals surface area contributed by atoms with Gasteiger partial charge in [0.1, 0.15) is 11.4 Å². The first-order valence-corrected chi connectivity index (χ1v) is 10.6. The maximum Gasteiger partial charge on any atom is 0.437 e. The molecule has 10 heteroatoms. The van der Waals surface area contributed by atoms with Crippen LogP contribution in [0.15, 0.2) is 55.1 Å². The number of nitrogens with one attached hydrogen (secondary N) is 1. The molecule has 1 unspecified atom stereocenters. The minimum atomic E-state index is -4.61. The van der Waals surface area contributed by atoms with Gasteiger partial charge in [-0.2, -0.15) is 28.6 Å². The average molecular weight is 538 g/mol. The predicted molar refractivity (Wildman–Crippen MR) is 118 cm³/mol. The molecule has 4 rings (SSSR count). The Labute approximate surface area is 190 Å². The molecule has 0 amide bonds. The quantitative estimate of drug-likeness (QED) is 0.336. The van der Waals surface area contributed by atoms with Gasteiger partial charge in [-0.05, 0) is 58.3 Å². The molecule has 3 heterocycles. The van der Waals surface area contributed by atoms with E-state index in [1.165, 1.54) is 18.3 Å². The highest BCUT2D eigenvalue weighted by Crippen LogP contribution is 2.35. The van der Waals surface area contributed by atoms with Crippen molar-refractivity contribution in [3.63, 3.8) is 0 Å². The van der Waals surface area contributed by atoms with E-state index in [2.05, 4.69) is 86.1 Å². The first kappa shape index (κ1) is 21.5. The monoisotopic (exact) mass is 538 g/mol. The summed E-state index contributed by atoms with van der Waals surface area (Å²) in [5.74, 6) is 0.297. The van der Waals surface area contributed by atoms with Gasteiger partial charge in [0.15, 0.2) is 5.69 Å². The maximum absolute atomic E-state index is 13.2. The van der Waals surface area contributed by atoms with E-state index in [1.54, 1.807) is 6.33 Å². The summed E-state index contributed by atoms with van der Waals surface area (Å²) in [6.45, 7) is 4.26. The molecule has 0 aliphatic rings. The number of H-pyrrole nitrogens is 1. The summed E-state index contributed by atoms with van der Waals surface area (Å²) in [5.41, 5.74) is 1.10. The van der Waals surface area contributed by atoms with E-state index in [-0.39, 0.29) is 17.3 Å². The van der Waals surface area contributed by atoms with E-state index in [4.69, 9.17) is 0 Å². The smallest absolute Gasteiger partial charge is 0.329 e. The molecular weight excluding hydrogens is 520 g/mol. The summed E-state index contributed by atoms with van der Waals surface area (Å²) in [6.07, 6.45) is 0.425. The largest absolute Gasteiger partial charge is 0.437 e. The summed E-state index contributed by atoms with van der Waals surface area (Å²) in [6, 6.07) is 11.4. The third-order valence-corrected chi connectivity index (χ3v) is 5.60. The fourth-order valence-corrected chi connectivity index (χ4v) is 3.89. The minimum Gasteiger partial charge on any atom is -0.329 e. The topological polar surface area (TPSA) is 72.3 Å². The van der Waals surface area contributed by atoms with Gasteiger partial charge in [0.2, 0.25) is 0 Å². The lowest BCUT2D eigenvalue weighted by Gasteiger charge is -2.23. The van der Waals surface area contributed by atoms with E-state index in [1.807, 2.05) is 10.8 Å². The molecule has 0 aliphatic carbocycles. The molecule has 31 heavy (non-hydrogen) atoms. The zero-order valence-electron chi connectivity index (χ0n) is 16.6. The third-order valence-electron chi connectivity index (χ3n) is 4.88. The van der Waals surface area contributed by atoms with Gasteiger partial charge in [-0.15, -0.1) is 0 Å². The molecule has 6 nitrogen and oxygen atoms in total. The molecule has 4 aromatic rings. The summed E-state index contributed by atoms with van der Waals surface area (Å²) in [4.78, 5) is 8.76. The van der Waals surface area contributed by atoms with Crippen LogP contribution in [0.1, 0.15) is 31.1 Å². The number of hydrogen-bond donors (Lipinski definition) is 1. The number of aromatic nitrogens is 6. The van der Waals surface area contributed by atoms with Crippen LogP contribution in [0.25, 0.3) is 22.6 Å². The number of nitrogens with zero attached hydrogens (tertiary/aromatic N) is 5. The Morgan fingerprint density at radius 2 is 1.74 bits per heavy atom. The van der Waals surface area contributed by atoms with Gasteiger partial charge >= 0.3 is 6.18 Å². The van der Waals surface area contributed by atoms with Crippen molar-refractivity contribution in [1.82, 2.24) is 29.9 Å². The lowest BCUT2D eigenvalue weighted by molar-refractivity contribution is -0.140. The molecule has 1 aromatic carbocycles. The first-order chi connectivity index (χ1) is 14.7. The van der Waals surface area contributed by atoms with Gasteiger partial charge in [-0.3, -0.25) is 4.98 Å². The highest BCUT2D eigenvalue weighted by atomic mass is 127. The number of benzene rings is 1. The second kappa shape index (κ2) is 8.40. The van der Waals surface area contributed by atoms with E-state index >= 15 is 0 Å². The zero-order chi connectivity index (χ0) is 22.2. The molecule has 0 bridgehead atoms. The molecule has 1 atom stereocenters. The van der Waals surface area contributed by atoms with E-state index in [0.717, 1.165) is 9.13 Å². The van der Waals surface area contributed by atoms with Crippen LogP contribution in [0.2, 0.25) is 0 Å². The fourth-order valence-electron chi connectivity index (χ4n) is 3.53. The van der Waals surface area contributed by atoms with Gasteiger partial charge in [0.05, 0.1) is 18.1 Å². The number of halogens is 4. The van der Waals surface area contributed by atoms with Crippen molar-refractivity contribution >= 4 is 22.6 Å². The van der Waals surface area contributed by atoms with Crippen molar-refractivity contribution in [3.05, 3.63) is 69.9 Å². The van der Waals surface area contributed by atoms with Crippen molar-refractivity contribution in [2.24, 2.45) is 5.92 Å². The summed E-state index contributed by atoms with van der Waals surface area (Å²) >= 11 is 2.27. The zero-order valence-corrected chi connectivity index (χ0v) is 18.8. The SMILES string of the molecule is CC(C)C(c1ccc(I)cc1)n1cnc(-c2cc(-c3n[nH]nc3C(F)(F)F)ccn2)c1. The Bertz CT molecular complexity index is 1180. The van der Waals surface area contributed by atoms with Crippen LogP contribution < -0.4 is 0 Å². The molecule has 0 saturated carbocycles. The molecule has 160 valence electrons. The fraction of sp³-hybridized carbons (Fsp3) is 0.238. The van der Waals surface area contributed by atoms with Crippen molar-refractivity contribution < 1.29 is 13.2 Å². The first-order valence-electron chi connectivity index (χ1n) is 9.47. The highest BCUT2D eigenvalue weighted by molar-refractivity contribution is 14.1. The van der Waals surface area contributed by atoms with Crippen LogP contribution in [-0.2, 0) is 6.18 Å². The minimum absolute atomic E-state index is 0.0637. The second-order valence-electron chi connectivity index (χ2n) is 7.39. The lowest BCUT2D eigenvalue weighted by atomic mass is 9.96. The molecule has 1 N–H and O–H groups in total. The van der Waals surface area contributed by atoms with E-state index in [9.17, 15) is 13.2 Å². The molecule has 0 radical (unpaired) electrons. The van der Waals surface area contributed by atoms with Crippen molar-refractivity contribution in [3.8, 4) is 22.6 Å². The third kappa shape index (κ3) is 4.48. The average Bonchev–Trinajstić information content (AvgIpc) is 3.39. The number of imidazole rings is 1. The lowest BCUT2D eigenvalue weighted by Crippen LogP contribution is -2.15. The van der Waals surface area contributed by atoms with Gasteiger partial charge < -0.3 is 4.57 Å². The van der Waals surface area contributed by atoms with Crippen LogP contribution in [0.3, 0.4) is 0 Å². The molecule has 3 aromatic heterocycles. The van der Waals surface area contributed by atoms with Crippen LogP contribution >= 0.6 is 22.6 Å². The van der Waals surface area contributed by atoms with Crippen LogP contribution in [0.4, 0.5) is 13.2 Å². The van der Waals surface area contributed by atoms with Crippen molar-refractivity contribution in [1.29, 1.82) is 0 Å². The number of alkyl halides is 3. The number of rotatable bonds is 5.